The quantitative estimate of drug-likeness (QED) is 0.910. The van der Waals surface area contributed by atoms with Crippen molar-refractivity contribution in [2.24, 2.45) is 7.05 Å². The van der Waals surface area contributed by atoms with Crippen molar-refractivity contribution < 1.29 is 14.6 Å². The van der Waals surface area contributed by atoms with Gasteiger partial charge in [0.15, 0.2) is 0 Å². The molecule has 0 unspecified atom stereocenters. The van der Waals surface area contributed by atoms with Crippen LogP contribution in [-0.4, -0.2) is 27.5 Å². The minimum Gasteiger partial charge on any atom is -0.494 e. The number of aromatic nitrogens is 2. The van der Waals surface area contributed by atoms with E-state index in [4.69, 9.17) is 9.84 Å². The van der Waals surface area contributed by atoms with E-state index in [9.17, 15) is 4.79 Å². The summed E-state index contributed by atoms with van der Waals surface area (Å²) in [4.78, 5) is 10.8. The van der Waals surface area contributed by atoms with E-state index >= 15 is 0 Å². The normalized spacial score (nSPS) is 10.6. The zero-order valence-corrected chi connectivity index (χ0v) is 12.8. The highest BCUT2D eigenvalue weighted by atomic mass is 79.9. The molecule has 1 N–H and O–H groups in total. The molecule has 0 saturated heterocycles. The third-order valence-electron chi connectivity index (χ3n) is 2.81. The molecule has 1 aromatic carbocycles. The van der Waals surface area contributed by atoms with Gasteiger partial charge in [-0.1, -0.05) is 0 Å². The van der Waals surface area contributed by atoms with E-state index in [0.29, 0.717) is 16.8 Å². The highest BCUT2D eigenvalue weighted by Crippen LogP contribution is 2.32. The number of rotatable bonds is 5. The van der Waals surface area contributed by atoms with E-state index in [-0.39, 0.29) is 6.42 Å². The summed E-state index contributed by atoms with van der Waals surface area (Å²) in [5.41, 5.74) is 2.32. The van der Waals surface area contributed by atoms with Gasteiger partial charge in [0, 0.05) is 12.6 Å². The minimum atomic E-state index is -0.901. The summed E-state index contributed by atoms with van der Waals surface area (Å²) >= 11 is 3.44. The fourth-order valence-electron chi connectivity index (χ4n) is 2.00. The second-order valence-corrected chi connectivity index (χ2v) is 5.05. The van der Waals surface area contributed by atoms with Crippen LogP contribution in [0.1, 0.15) is 12.6 Å². The number of aliphatic carboxylic acids is 1. The summed E-state index contributed by atoms with van der Waals surface area (Å²) in [5.74, 6) is -0.0951. The molecule has 5 nitrogen and oxygen atoms in total. The molecule has 0 atom stereocenters. The van der Waals surface area contributed by atoms with Crippen LogP contribution in [0.5, 0.6) is 5.75 Å². The Bertz CT molecular complexity index is 620. The van der Waals surface area contributed by atoms with Crippen LogP contribution in [0.25, 0.3) is 11.3 Å². The number of hydrogen-bond acceptors (Lipinski definition) is 3. The summed E-state index contributed by atoms with van der Waals surface area (Å²) in [5, 5.41) is 13.1. The lowest BCUT2D eigenvalue weighted by molar-refractivity contribution is -0.136. The molecule has 20 heavy (non-hydrogen) atoms. The molecule has 0 saturated carbocycles. The van der Waals surface area contributed by atoms with Crippen molar-refractivity contribution in [1.82, 2.24) is 9.78 Å². The number of carbonyl (C=O) groups is 1. The molecule has 0 fully saturated rings. The Morgan fingerprint density at radius 1 is 1.40 bits per heavy atom. The van der Waals surface area contributed by atoms with Crippen LogP contribution < -0.4 is 4.74 Å². The van der Waals surface area contributed by atoms with Gasteiger partial charge in [0.1, 0.15) is 5.75 Å². The highest BCUT2D eigenvalue weighted by Gasteiger charge is 2.17. The van der Waals surface area contributed by atoms with Crippen molar-refractivity contribution in [1.29, 1.82) is 0 Å². The smallest absolute Gasteiger partial charge is 0.309 e. The topological polar surface area (TPSA) is 64.3 Å². The minimum absolute atomic E-state index is 0.106. The zero-order chi connectivity index (χ0) is 14.7. The van der Waals surface area contributed by atoms with Crippen molar-refractivity contribution in [2.45, 2.75) is 13.3 Å². The number of hydrogen-bond donors (Lipinski definition) is 1. The average molecular weight is 339 g/mol. The SMILES string of the molecule is CCOc1ccc(-c2c(Br)c(CC(=O)O)nn2C)cc1. The molecule has 0 radical (unpaired) electrons. The van der Waals surface area contributed by atoms with Crippen molar-refractivity contribution in [3.63, 3.8) is 0 Å². The Hall–Kier alpha value is -1.82. The molecule has 0 aliphatic rings. The number of carboxylic acids is 1. The van der Waals surface area contributed by atoms with Gasteiger partial charge < -0.3 is 9.84 Å². The lowest BCUT2D eigenvalue weighted by atomic mass is 10.1. The molecule has 0 spiro atoms. The van der Waals surface area contributed by atoms with Gasteiger partial charge >= 0.3 is 5.97 Å². The van der Waals surface area contributed by atoms with Crippen molar-refractivity contribution in [3.05, 3.63) is 34.4 Å². The van der Waals surface area contributed by atoms with Crippen LogP contribution >= 0.6 is 15.9 Å². The predicted molar refractivity (Wildman–Crippen MR) is 78.9 cm³/mol. The van der Waals surface area contributed by atoms with Gasteiger partial charge in [0.05, 0.1) is 28.9 Å². The van der Waals surface area contributed by atoms with Crippen molar-refractivity contribution >= 4 is 21.9 Å². The van der Waals surface area contributed by atoms with E-state index in [2.05, 4.69) is 21.0 Å². The Kier molecular flexibility index (Phi) is 4.44. The largest absolute Gasteiger partial charge is 0.494 e. The van der Waals surface area contributed by atoms with Crippen molar-refractivity contribution in [3.8, 4) is 17.0 Å². The molecule has 2 rings (SSSR count). The number of ether oxygens (including phenoxy) is 1. The summed E-state index contributed by atoms with van der Waals surface area (Å²) in [7, 11) is 1.79. The van der Waals surface area contributed by atoms with E-state index in [1.54, 1.807) is 11.7 Å². The molecule has 0 aliphatic heterocycles. The van der Waals surface area contributed by atoms with E-state index in [1.807, 2.05) is 31.2 Å². The standard InChI is InChI=1S/C14H15BrN2O3/c1-3-20-10-6-4-9(5-7-10)14-13(15)11(8-12(18)19)16-17(14)2/h4-7H,3,8H2,1-2H3,(H,18,19). The Labute approximate surface area is 125 Å². The maximum absolute atomic E-state index is 10.8. The van der Waals surface area contributed by atoms with Gasteiger partial charge in [0.2, 0.25) is 0 Å². The number of halogens is 1. The lowest BCUT2D eigenvalue weighted by Gasteiger charge is -2.06. The van der Waals surface area contributed by atoms with Crippen LogP contribution in [-0.2, 0) is 18.3 Å². The lowest BCUT2D eigenvalue weighted by Crippen LogP contribution is -2.02. The number of benzene rings is 1. The first-order chi connectivity index (χ1) is 9.52. The second-order valence-electron chi connectivity index (χ2n) is 4.26. The maximum Gasteiger partial charge on any atom is 0.309 e. The van der Waals surface area contributed by atoms with Crippen molar-refractivity contribution in [2.75, 3.05) is 6.61 Å². The molecule has 6 heteroatoms. The van der Waals surface area contributed by atoms with Crippen LogP contribution in [0, 0.1) is 0 Å². The zero-order valence-electron chi connectivity index (χ0n) is 11.3. The number of nitrogens with zero attached hydrogens (tertiary/aromatic N) is 2. The van der Waals surface area contributed by atoms with Crippen LogP contribution in [0.3, 0.4) is 0 Å². The van der Waals surface area contributed by atoms with Crippen LogP contribution in [0.4, 0.5) is 0 Å². The molecular formula is C14H15BrN2O3. The van der Waals surface area contributed by atoms with E-state index in [0.717, 1.165) is 17.0 Å². The summed E-state index contributed by atoms with van der Waals surface area (Å²) in [6.07, 6.45) is -0.106. The van der Waals surface area contributed by atoms with Gasteiger partial charge in [0.25, 0.3) is 0 Å². The van der Waals surface area contributed by atoms with Gasteiger partial charge in [-0.05, 0) is 47.1 Å². The van der Waals surface area contributed by atoms with Gasteiger partial charge in [-0.3, -0.25) is 9.48 Å². The Morgan fingerprint density at radius 3 is 2.60 bits per heavy atom. The van der Waals surface area contributed by atoms with Crippen LogP contribution in [0.15, 0.2) is 28.7 Å². The van der Waals surface area contributed by atoms with E-state index in [1.165, 1.54) is 0 Å². The van der Waals surface area contributed by atoms with Gasteiger partial charge in [-0.15, -0.1) is 0 Å². The van der Waals surface area contributed by atoms with Crippen LogP contribution in [0.2, 0.25) is 0 Å². The average Bonchev–Trinajstić information content (AvgIpc) is 2.65. The predicted octanol–water partition coefficient (Wildman–Crippen LogP) is 2.88. The summed E-state index contributed by atoms with van der Waals surface area (Å²) in [6.45, 7) is 2.56. The molecule has 1 heterocycles. The third kappa shape index (κ3) is 3.01. The molecular weight excluding hydrogens is 324 g/mol. The highest BCUT2D eigenvalue weighted by molar-refractivity contribution is 9.10. The molecule has 0 amide bonds. The van der Waals surface area contributed by atoms with Gasteiger partial charge in [-0.25, -0.2) is 0 Å². The summed E-state index contributed by atoms with van der Waals surface area (Å²) in [6, 6.07) is 7.62. The molecule has 1 aromatic heterocycles. The first-order valence-electron chi connectivity index (χ1n) is 6.19. The number of carboxylic acid groups (broad SMARTS) is 1. The summed E-state index contributed by atoms with van der Waals surface area (Å²) < 4.78 is 7.80. The maximum atomic E-state index is 10.8. The molecule has 0 bridgehead atoms. The van der Waals surface area contributed by atoms with E-state index < -0.39 is 5.97 Å². The second kappa shape index (κ2) is 6.09. The third-order valence-corrected chi connectivity index (χ3v) is 3.65. The fraction of sp³-hybridized carbons (Fsp3) is 0.286. The molecule has 0 aliphatic carbocycles. The first-order valence-corrected chi connectivity index (χ1v) is 6.98. The Balaban J connectivity index is 2.37. The fourth-order valence-corrected chi connectivity index (χ4v) is 2.70. The monoisotopic (exact) mass is 338 g/mol. The van der Waals surface area contributed by atoms with Gasteiger partial charge in [-0.2, -0.15) is 5.10 Å². The first kappa shape index (κ1) is 14.6. The Morgan fingerprint density at radius 2 is 2.05 bits per heavy atom. The molecule has 2 aromatic rings. The number of aryl methyl sites for hydroxylation is 1. The molecule has 106 valence electrons.